The van der Waals surface area contributed by atoms with Gasteiger partial charge in [-0.25, -0.2) is 0 Å². The van der Waals surface area contributed by atoms with E-state index in [1.807, 2.05) is 37.3 Å². The van der Waals surface area contributed by atoms with Gasteiger partial charge in [-0.1, -0.05) is 62.7 Å². The molecule has 1 atom stereocenters. The van der Waals surface area contributed by atoms with Gasteiger partial charge in [0.15, 0.2) is 11.5 Å². The number of ketones is 1. The lowest BCUT2D eigenvalue weighted by molar-refractivity contribution is -0.140. The quantitative estimate of drug-likeness (QED) is 0.219. The number of fused-ring (bicyclic) bond motifs is 1. The maximum atomic E-state index is 13.5. The SMILES string of the molecule is CCOc1ccc(Cl)c(/C(O)=C2\C(=O)C(=O)N(Cc3ccc4c(c3)OCO4)C2c2ccc(C(C)(C)C)cc2)c1. The molecular weight excluding hydrogens is 518 g/mol. The first kappa shape index (κ1) is 26.6. The molecule has 5 rings (SSSR count). The predicted octanol–water partition coefficient (Wildman–Crippen LogP) is 6.39. The van der Waals surface area contributed by atoms with Crippen molar-refractivity contribution in [2.75, 3.05) is 13.4 Å². The summed E-state index contributed by atoms with van der Waals surface area (Å²) in [6, 6.07) is 17.2. The number of benzene rings is 3. The van der Waals surface area contributed by atoms with E-state index in [-0.39, 0.29) is 40.7 Å². The van der Waals surface area contributed by atoms with Gasteiger partial charge in [0.2, 0.25) is 6.79 Å². The third-order valence-electron chi connectivity index (χ3n) is 6.93. The largest absolute Gasteiger partial charge is 0.507 e. The number of carbonyl (C=O) groups excluding carboxylic acids is 2. The van der Waals surface area contributed by atoms with Crippen molar-refractivity contribution in [1.29, 1.82) is 0 Å². The van der Waals surface area contributed by atoms with Crippen molar-refractivity contribution in [3.63, 3.8) is 0 Å². The highest BCUT2D eigenvalue weighted by Crippen LogP contribution is 2.43. The summed E-state index contributed by atoms with van der Waals surface area (Å²) in [6.45, 7) is 8.85. The summed E-state index contributed by atoms with van der Waals surface area (Å²) in [4.78, 5) is 28.5. The minimum atomic E-state index is -0.837. The molecule has 202 valence electrons. The minimum Gasteiger partial charge on any atom is -0.507 e. The maximum Gasteiger partial charge on any atom is 0.295 e. The molecule has 8 heteroatoms. The minimum absolute atomic E-state index is 0.0280. The van der Waals surface area contributed by atoms with E-state index in [9.17, 15) is 14.7 Å². The van der Waals surface area contributed by atoms with Crippen molar-refractivity contribution in [3.05, 3.63) is 93.5 Å². The molecule has 0 saturated carbocycles. The number of nitrogens with zero attached hydrogens (tertiary/aromatic N) is 1. The number of amides is 1. The van der Waals surface area contributed by atoms with Crippen molar-refractivity contribution < 1.29 is 28.9 Å². The van der Waals surface area contributed by atoms with Crippen LogP contribution in [-0.4, -0.2) is 35.1 Å². The topological polar surface area (TPSA) is 85.3 Å². The number of hydrogen-bond acceptors (Lipinski definition) is 6. The molecule has 2 aliphatic heterocycles. The van der Waals surface area contributed by atoms with Crippen LogP contribution >= 0.6 is 11.6 Å². The van der Waals surface area contributed by atoms with Gasteiger partial charge in [-0.15, -0.1) is 0 Å². The Kier molecular flexibility index (Phi) is 7.03. The second-order valence-corrected chi connectivity index (χ2v) is 11.0. The fourth-order valence-electron chi connectivity index (χ4n) is 4.88. The number of carbonyl (C=O) groups is 2. The van der Waals surface area contributed by atoms with Crippen LogP contribution in [0.5, 0.6) is 17.2 Å². The molecule has 0 spiro atoms. The third kappa shape index (κ3) is 5.06. The van der Waals surface area contributed by atoms with Crippen LogP contribution in [0.4, 0.5) is 0 Å². The van der Waals surface area contributed by atoms with Crippen LogP contribution in [0.2, 0.25) is 5.02 Å². The molecule has 0 bridgehead atoms. The molecule has 2 heterocycles. The monoisotopic (exact) mass is 547 g/mol. The van der Waals surface area contributed by atoms with Gasteiger partial charge in [-0.05, 0) is 59.4 Å². The van der Waals surface area contributed by atoms with Crippen molar-refractivity contribution >= 4 is 29.1 Å². The van der Waals surface area contributed by atoms with Crippen LogP contribution in [-0.2, 0) is 21.5 Å². The van der Waals surface area contributed by atoms with Gasteiger partial charge in [-0.2, -0.15) is 0 Å². The molecular formula is C31H30ClNO6. The summed E-state index contributed by atoms with van der Waals surface area (Å²) in [7, 11) is 0. The average Bonchev–Trinajstić information content (AvgIpc) is 3.47. The van der Waals surface area contributed by atoms with Crippen LogP contribution in [0, 0.1) is 0 Å². The van der Waals surface area contributed by atoms with E-state index >= 15 is 0 Å². The van der Waals surface area contributed by atoms with E-state index < -0.39 is 17.7 Å². The number of ether oxygens (including phenoxy) is 3. The van der Waals surface area contributed by atoms with Crippen molar-refractivity contribution in [3.8, 4) is 17.2 Å². The first-order valence-corrected chi connectivity index (χ1v) is 13.2. The molecule has 7 nitrogen and oxygen atoms in total. The van der Waals surface area contributed by atoms with Gasteiger partial charge in [0.25, 0.3) is 11.7 Å². The van der Waals surface area contributed by atoms with Gasteiger partial charge in [0.05, 0.1) is 23.2 Å². The lowest BCUT2D eigenvalue weighted by atomic mass is 9.85. The Hall–Kier alpha value is -3.97. The molecule has 0 aliphatic carbocycles. The Labute approximate surface area is 232 Å². The third-order valence-corrected chi connectivity index (χ3v) is 7.26. The van der Waals surface area contributed by atoms with E-state index in [0.29, 0.717) is 29.4 Å². The van der Waals surface area contributed by atoms with E-state index in [4.69, 9.17) is 25.8 Å². The highest BCUT2D eigenvalue weighted by atomic mass is 35.5. The zero-order valence-corrected chi connectivity index (χ0v) is 23.0. The number of aliphatic hydroxyl groups excluding tert-OH is 1. The molecule has 1 fully saturated rings. The summed E-state index contributed by atoms with van der Waals surface area (Å²) in [5.41, 5.74) is 2.67. The van der Waals surface area contributed by atoms with Gasteiger partial charge in [-0.3, -0.25) is 9.59 Å². The predicted molar refractivity (Wildman–Crippen MR) is 148 cm³/mol. The van der Waals surface area contributed by atoms with E-state index in [1.165, 1.54) is 4.90 Å². The number of hydrogen-bond donors (Lipinski definition) is 1. The fourth-order valence-corrected chi connectivity index (χ4v) is 5.09. The summed E-state index contributed by atoms with van der Waals surface area (Å²) in [5.74, 6) is -0.150. The number of aliphatic hydroxyl groups is 1. The zero-order chi connectivity index (χ0) is 27.9. The normalized spacial score (nSPS) is 18.1. The smallest absolute Gasteiger partial charge is 0.295 e. The molecule has 0 aromatic heterocycles. The van der Waals surface area contributed by atoms with Crippen LogP contribution in [0.25, 0.3) is 5.76 Å². The molecule has 1 amide bonds. The van der Waals surface area contributed by atoms with Crippen LogP contribution in [0.3, 0.4) is 0 Å². The standard InChI is InChI=1S/C31H30ClNO6/c1-5-37-21-11-12-23(32)22(15-21)28(34)26-27(19-7-9-20(10-8-19)31(2,3)4)33(30(36)29(26)35)16-18-6-13-24-25(14-18)39-17-38-24/h6-15,27,34H,5,16-17H2,1-4H3/b28-26+. The lowest BCUT2D eigenvalue weighted by Gasteiger charge is -2.27. The molecule has 1 N–H and O–H groups in total. The van der Waals surface area contributed by atoms with Crippen LogP contribution in [0.1, 0.15) is 56.0 Å². The van der Waals surface area contributed by atoms with E-state index in [1.54, 1.807) is 30.3 Å². The molecule has 3 aromatic rings. The highest BCUT2D eigenvalue weighted by molar-refractivity contribution is 6.47. The fraction of sp³-hybridized carbons (Fsp3) is 0.290. The molecule has 1 saturated heterocycles. The second kappa shape index (κ2) is 10.3. The van der Waals surface area contributed by atoms with Gasteiger partial charge >= 0.3 is 0 Å². The Morgan fingerprint density at radius 2 is 1.74 bits per heavy atom. The Morgan fingerprint density at radius 1 is 1.03 bits per heavy atom. The molecule has 1 unspecified atom stereocenters. The summed E-state index contributed by atoms with van der Waals surface area (Å²) in [5, 5.41) is 11.7. The first-order chi connectivity index (χ1) is 18.6. The number of halogens is 1. The molecule has 0 radical (unpaired) electrons. The lowest BCUT2D eigenvalue weighted by Crippen LogP contribution is -2.29. The van der Waals surface area contributed by atoms with Gasteiger partial charge in [0.1, 0.15) is 11.5 Å². The molecule has 3 aromatic carbocycles. The van der Waals surface area contributed by atoms with Crippen molar-refractivity contribution in [2.24, 2.45) is 0 Å². The number of likely N-dealkylation sites (tertiary alicyclic amines) is 1. The summed E-state index contributed by atoms with van der Waals surface area (Å²) in [6.07, 6.45) is 0. The van der Waals surface area contributed by atoms with Crippen molar-refractivity contribution in [2.45, 2.75) is 45.7 Å². The van der Waals surface area contributed by atoms with E-state index in [2.05, 4.69) is 20.8 Å². The highest BCUT2D eigenvalue weighted by Gasteiger charge is 2.46. The van der Waals surface area contributed by atoms with Crippen LogP contribution in [0.15, 0.2) is 66.2 Å². The first-order valence-electron chi connectivity index (χ1n) is 12.8. The number of Topliss-reactive ketones (excluding diaryl/α,β-unsaturated/α-hetero) is 1. The van der Waals surface area contributed by atoms with Gasteiger partial charge in [0, 0.05) is 12.1 Å². The van der Waals surface area contributed by atoms with E-state index in [0.717, 1.165) is 11.1 Å². The average molecular weight is 548 g/mol. The van der Waals surface area contributed by atoms with Crippen molar-refractivity contribution in [1.82, 2.24) is 4.90 Å². The Morgan fingerprint density at radius 3 is 2.44 bits per heavy atom. The molecule has 39 heavy (non-hydrogen) atoms. The Balaban J connectivity index is 1.63. The van der Waals surface area contributed by atoms with Gasteiger partial charge < -0.3 is 24.2 Å². The summed E-state index contributed by atoms with van der Waals surface area (Å²) < 4.78 is 16.5. The van der Waals surface area contributed by atoms with Crippen LogP contribution < -0.4 is 14.2 Å². The Bertz CT molecular complexity index is 1470. The number of rotatable bonds is 6. The zero-order valence-electron chi connectivity index (χ0n) is 22.3. The summed E-state index contributed by atoms with van der Waals surface area (Å²) >= 11 is 6.45. The molecule has 2 aliphatic rings. The maximum absolute atomic E-state index is 13.5. The second-order valence-electron chi connectivity index (χ2n) is 10.6.